The summed E-state index contributed by atoms with van der Waals surface area (Å²) >= 11 is 17.2. The molecule has 1 heterocycles. The van der Waals surface area contributed by atoms with Gasteiger partial charge in [0.1, 0.15) is 0 Å². The molecule has 0 saturated carbocycles. The molecule has 0 bridgehead atoms. The molecule has 0 aromatic heterocycles. The van der Waals surface area contributed by atoms with Gasteiger partial charge in [-0.3, -0.25) is 9.80 Å². The molecule has 0 amide bonds. The van der Waals surface area contributed by atoms with Crippen molar-refractivity contribution in [3.63, 3.8) is 0 Å². The van der Waals surface area contributed by atoms with Gasteiger partial charge in [-0.05, 0) is 74.6 Å². The van der Waals surface area contributed by atoms with E-state index in [9.17, 15) is 0 Å². The maximum absolute atomic E-state index is 5.94. The van der Waals surface area contributed by atoms with Crippen LogP contribution in [0.5, 0.6) is 0 Å². The van der Waals surface area contributed by atoms with E-state index in [4.69, 9.17) is 36.0 Å². The largest absolute Gasteiger partial charge is 0.334 e. The standard InChI is InChI=1S/C19H29ClN4S2/c1-3-5-11-22(12-6-4-2)15-23-13-14-24(19(23)26)18(25)21-17-9-7-16(20)8-10-17/h7-10H,3-6,11-15H2,1-2H3,(H,21,25). The Morgan fingerprint density at radius 3 is 2.31 bits per heavy atom. The lowest BCUT2D eigenvalue weighted by Crippen LogP contribution is -2.43. The summed E-state index contributed by atoms with van der Waals surface area (Å²) in [4.78, 5) is 6.78. The van der Waals surface area contributed by atoms with E-state index in [0.717, 1.165) is 43.6 Å². The zero-order valence-electron chi connectivity index (χ0n) is 15.7. The molecule has 26 heavy (non-hydrogen) atoms. The van der Waals surface area contributed by atoms with Gasteiger partial charge in [0.25, 0.3) is 0 Å². The Morgan fingerprint density at radius 2 is 1.73 bits per heavy atom. The fraction of sp³-hybridized carbons (Fsp3) is 0.579. The van der Waals surface area contributed by atoms with Crippen LogP contribution in [0.15, 0.2) is 24.3 Å². The van der Waals surface area contributed by atoms with Gasteiger partial charge in [-0.15, -0.1) is 0 Å². The van der Waals surface area contributed by atoms with Gasteiger partial charge in [-0.1, -0.05) is 38.3 Å². The zero-order valence-corrected chi connectivity index (χ0v) is 18.1. The average molecular weight is 413 g/mol. The number of thiocarbonyl (C=S) groups is 2. The third kappa shape index (κ3) is 6.34. The van der Waals surface area contributed by atoms with E-state index in [2.05, 4.69) is 29.0 Å². The molecule has 0 aliphatic carbocycles. The normalized spacial score (nSPS) is 14.4. The first kappa shape index (κ1) is 21.4. The quantitative estimate of drug-likeness (QED) is 0.584. The molecule has 1 aromatic carbocycles. The molecule has 1 saturated heterocycles. The number of nitrogens with one attached hydrogen (secondary N) is 1. The van der Waals surface area contributed by atoms with Crippen LogP contribution in [0.1, 0.15) is 39.5 Å². The second-order valence-electron chi connectivity index (χ2n) is 6.60. The van der Waals surface area contributed by atoms with Crippen LogP contribution >= 0.6 is 36.0 Å². The van der Waals surface area contributed by atoms with E-state index in [-0.39, 0.29) is 0 Å². The van der Waals surface area contributed by atoms with Gasteiger partial charge in [0.15, 0.2) is 10.2 Å². The summed E-state index contributed by atoms with van der Waals surface area (Å²) in [7, 11) is 0. The Kier molecular flexibility index (Phi) is 9.05. The van der Waals surface area contributed by atoms with Crippen molar-refractivity contribution in [1.82, 2.24) is 14.7 Å². The predicted molar refractivity (Wildman–Crippen MR) is 120 cm³/mol. The average Bonchev–Trinajstić information content (AvgIpc) is 2.99. The van der Waals surface area contributed by atoms with Crippen molar-refractivity contribution >= 4 is 51.9 Å². The van der Waals surface area contributed by atoms with Gasteiger partial charge in [-0.2, -0.15) is 0 Å². The van der Waals surface area contributed by atoms with Gasteiger partial charge in [0.2, 0.25) is 0 Å². The molecule has 0 atom stereocenters. The summed E-state index contributed by atoms with van der Waals surface area (Å²) in [6, 6.07) is 7.53. The van der Waals surface area contributed by atoms with E-state index in [1.807, 2.05) is 29.2 Å². The first-order valence-corrected chi connectivity index (χ1v) is 10.6. The topological polar surface area (TPSA) is 21.8 Å². The van der Waals surface area contributed by atoms with E-state index in [1.165, 1.54) is 25.7 Å². The molecule has 1 aromatic rings. The summed E-state index contributed by atoms with van der Waals surface area (Å²) in [6.07, 6.45) is 4.89. The number of rotatable bonds is 9. The molecule has 1 aliphatic heterocycles. The van der Waals surface area contributed by atoms with Gasteiger partial charge in [0, 0.05) is 23.8 Å². The van der Waals surface area contributed by atoms with E-state index >= 15 is 0 Å². The van der Waals surface area contributed by atoms with Crippen molar-refractivity contribution < 1.29 is 0 Å². The molecule has 1 aliphatic rings. The minimum atomic E-state index is 0.647. The van der Waals surface area contributed by atoms with E-state index in [0.29, 0.717) is 10.1 Å². The Morgan fingerprint density at radius 1 is 1.12 bits per heavy atom. The molecule has 144 valence electrons. The van der Waals surface area contributed by atoms with Crippen molar-refractivity contribution in [1.29, 1.82) is 0 Å². The highest BCUT2D eigenvalue weighted by atomic mass is 35.5. The number of unbranched alkanes of at least 4 members (excludes halogenated alkanes) is 2. The summed E-state index contributed by atoms with van der Waals surface area (Å²) in [5.41, 5.74) is 0.924. The SMILES string of the molecule is CCCCN(CCCC)CN1CCN(C(=S)Nc2ccc(Cl)cc2)C1=S. The molecule has 1 fully saturated rings. The van der Waals surface area contributed by atoms with Crippen LogP contribution in [0.3, 0.4) is 0 Å². The third-order valence-electron chi connectivity index (χ3n) is 4.46. The molecular weight excluding hydrogens is 384 g/mol. The van der Waals surface area contributed by atoms with Crippen LogP contribution in [0.25, 0.3) is 0 Å². The fourth-order valence-electron chi connectivity index (χ4n) is 2.88. The Hall–Kier alpha value is -0.950. The van der Waals surface area contributed by atoms with Crippen LogP contribution in [-0.4, -0.2) is 57.8 Å². The molecule has 7 heteroatoms. The number of nitrogens with zero attached hydrogens (tertiary/aromatic N) is 3. The van der Waals surface area contributed by atoms with Gasteiger partial charge >= 0.3 is 0 Å². The highest BCUT2D eigenvalue weighted by Crippen LogP contribution is 2.17. The number of anilines is 1. The molecule has 1 N–H and O–H groups in total. The smallest absolute Gasteiger partial charge is 0.179 e. The lowest BCUT2D eigenvalue weighted by atomic mass is 10.3. The first-order valence-electron chi connectivity index (χ1n) is 9.40. The number of hydrogen-bond donors (Lipinski definition) is 1. The summed E-state index contributed by atoms with van der Waals surface area (Å²) in [5, 5.41) is 5.43. The summed E-state index contributed by atoms with van der Waals surface area (Å²) in [6.45, 7) is 9.36. The molecular formula is C19H29ClN4S2. The zero-order chi connectivity index (χ0) is 18.9. The molecule has 2 rings (SSSR count). The first-order chi connectivity index (χ1) is 12.5. The third-order valence-corrected chi connectivity index (χ3v) is 5.52. The van der Waals surface area contributed by atoms with Crippen LogP contribution in [0, 0.1) is 0 Å². The monoisotopic (exact) mass is 412 g/mol. The Bertz CT molecular complexity index is 586. The minimum absolute atomic E-state index is 0.647. The Balaban J connectivity index is 1.90. The molecule has 0 spiro atoms. The second-order valence-corrected chi connectivity index (χ2v) is 7.79. The van der Waals surface area contributed by atoms with Gasteiger partial charge < -0.3 is 10.2 Å². The summed E-state index contributed by atoms with van der Waals surface area (Å²) in [5.74, 6) is 0. The number of hydrogen-bond acceptors (Lipinski definition) is 3. The van der Waals surface area contributed by atoms with Crippen LogP contribution in [-0.2, 0) is 0 Å². The van der Waals surface area contributed by atoms with Gasteiger partial charge in [0.05, 0.1) is 6.67 Å². The van der Waals surface area contributed by atoms with Crippen LogP contribution in [0.4, 0.5) is 5.69 Å². The lowest BCUT2D eigenvalue weighted by Gasteiger charge is -2.29. The van der Waals surface area contributed by atoms with Crippen LogP contribution < -0.4 is 5.32 Å². The maximum atomic E-state index is 5.94. The van der Waals surface area contributed by atoms with Crippen molar-refractivity contribution in [3.05, 3.63) is 29.3 Å². The van der Waals surface area contributed by atoms with E-state index < -0.39 is 0 Å². The Labute approximate surface area is 173 Å². The number of benzene rings is 1. The van der Waals surface area contributed by atoms with Crippen molar-refractivity contribution in [3.8, 4) is 0 Å². The minimum Gasteiger partial charge on any atom is -0.334 e. The van der Waals surface area contributed by atoms with Crippen molar-refractivity contribution in [2.45, 2.75) is 39.5 Å². The highest BCUT2D eigenvalue weighted by molar-refractivity contribution is 7.82. The number of halogens is 1. The van der Waals surface area contributed by atoms with Gasteiger partial charge in [-0.25, -0.2) is 0 Å². The van der Waals surface area contributed by atoms with Crippen molar-refractivity contribution in [2.24, 2.45) is 0 Å². The second kappa shape index (κ2) is 11.0. The summed E-state index contributed by atoms with van der Waals surface area (Å²) < 4.78 is 0. The molecule has 4 nitrogen and oxygen atoms in total. The molecule has 0 unspecified atom stereocenters. The van der Waals surface area contributed by atoms with Crippen molar-refractivity contribution in [2.75, 3.05) is 38.2 Å². The predicted octanol–water partition coefficient (Wildman–Crippen LogP) is 4.80. The van der Waals surface area contributed by atoms with Crippen LogP contribution in [0.2, 0.25) is 5.02 Å². The maximum Gasteiger partial charge on any atom is 0.179 e. The fourth-order valence-corrected chi connectivity index (χ4v) is 3.70. The molecule has 0 radical (unpaired) electrons. The van der Waals surface area contributed by atoms with E-state index in [1.54, 1.807) is 0 Å². The lowest BCUT2D eigenvalue weighted by molar-refractivity contribution is 0.191. The highest BCUT2D eigenvalue weighted by Gasteiger charge is 2.28.